The number of nitrogens with one attached hydrogen (secondary N) is 1. The summed E-state index contributed by atoms with van der Waals surface area (Å²) in [5.41, 5.74) is -0.344. The summed E-state index contributed by atoms with van der Waals surface area (Å²) in [6.07, 6.45) is 1.33. The summed E-state index contributed by atoms with van der Waals surface area (Å²) in [5.74, 6) is 0.487. The third-order valence-electron chi connectivity index (χ3n) is 4.03. The lowest BCUT2D eigenvalue weighted by molar-refractivity contribution is -0.133. The molecule has 1 aliphatic rings. The predicted octanol–water partition coefficient (Wildman–Crippen LogP) is 2.60. The van der Waals surface area contributed by atoms with Crippen molar-refractivity contribution in [3.8, 4) is 5.75 Å². The van der Waals surface area contributed by atoms with Crippen molar-refractivity contribution in [2.24, 2.45) is 0 Å². The zero-order chi connectivity index (χ0) is 21.1. The van der Waals surface area contributed by atoms with Crippen LogP contribution in [0.1, 0.15) is 34.6 Å². The Morgan fingerprint density at radius 2 is 1.75 bits per heavy atom. The Bertz CT molecular complexity index is 777. The van der Waals surface area contributed by atoms with E-state index >= 15 is 0 Å². The van der Waals surface area contributed by atoms with E-state index in [0.29, 0.717) is 36.4 Å². The Morgan fingerprint density at radius 1 is 1.18 bits per heavy atom. The molecule has 1 N–H and O–H groups in total. The van der Waals surface area contributed by atoms with Gasteiger partial charge in [0.2, 0.25) is 5.91 Å². The second-order valence-corrected chi connectivity index (χ2v) is 8.87. The van der Waals surface area contributed by atoms with E-state index in [1.54, 1.807) is 26.6 Å². The second-order valence-electron chi connectivity index (χ2n) is 8.01. The Morgan fingerprint density at radius 3 is 2.29 bits per heavy atom. The van der Waals surface area contributed by atoms with Crippen LogP contribution in [0.3, 0.4) is 0 Å². The van der Waals surface area contributed by atoms with Crippen LogP contribution in [0.4, 0.5) is 4.79 Å². The highest BCUT2D eigenvalue weighted by molar-refractivity contribution is 9.10. The van der Waals surface area contributed by atoms with E-state index in [2.05, 4.69) is 15.9 Å². The van der Waals surface area contributed by atoms with E-state index in [0.717, 1.165) is 0 Å². The largest absolute Gasteiger partial charge is 0.490 e. The molecular weight excluding hydrogens is 428 g/mol. The van der Waals surface area contributed by atoms with E-state index in [4.69, 9.17) is 14.9 Å². The van der Waals surface area contributed by atoms with Gasteiger partial charge in [0.1, 0.15) is 23.4 Å². The third kappa shape index (κ3) is 6.25. The molecule has 156 valence electrons. The summed E-state index contributed by atoms with van der Waals surface area (Å²) in [4.78, 5) is 28.1. The smallest absolute Gasteiger partial charge is 0.410 e. The van der Waals surface area contributed by atoms with E-state index in [1.165, 1.54) is 0 Å². The van der Waals surface area contributed by atoms with E-state index in [-0.39, 0.29) is 30.1 Å². The molecule has 1 aromatic heterocycles. The molecule has 28 heavy (non-hydrogen) atoms. The number of nitrogens with zero attached hydrogens (tertiary/aromatic N) is 3. The summed E-state index contributed by atoms with van der Waals surface area (Å²) in [7, 11) is 0. The van der Waals surface area contributed by atoms with Gasteiger partial charge in [0.15, 0.2) is 0 Å². The Labute approximate surface area is 174 Å². The number of hydrogen-bond acceptors (Lipinski definition) is 5. The van der Waals surface area contributed by atoms with Crippen LogP contribution < -0.4 is 10.2 Å². The number of aromatic nitrogens is 1. The molecule has 0 bridgehead atoms. The van der Waals surface area contributed by atoms with Crippen molar-refractivity contribution >= 4 is 27.9 Å². The lowest BCUT2D eigenvalue weighted by Crippen LogP contribution is -2.52. The normalized spacial score (nSPS) is 15.0. The average molecular weight is 457 g/mol. The monoisotopic (exact) mass is 456 g/mol. The van der Waals surface area contributed by atoms with Crippen LogP contribution in [0.2, 0.25) is 0 Å². The van der Waals surface area contributed by atoms with Gasteiger partial charge in [0.25, 0.3) is 0 Å². The molecule has 2 amide bonds. The molecule has 1 saturated heterocycles. The minimum atomic E-state index is -0.538. The Kier molecular flexibility index (Phi) is 7.14. The fourth-order valence-electron chi connectivity index (χ4n) is 2.73. The van der Waals surface area contributed by atoms with Gasteiger partial charge in [0, 0.05) is 38.4 Å². The highest BCUT2D eigenvalue weighted by Crippen LogP contribution is 2.23. The number of halogens is 1. The van der Waals surface area contributed by atoms with E-state index in [9.17, 15) is 9.59 Å². The molecule has 0 unspecified atom stereocenters. The topological polar surface area (TPSA) is 87.9 Å². The molecule has 0 aliphatic carbocycles. The van der Waals surface area contributed by atoms with Gasteiger partial charge in [-0.25, -0.2) is 4.79 Å². The van der Waals surface area contributed by atoms with Crippen molar-refractivity contribution in [2.75, 3.05) is 26.2 Å². The molecule has 1 aromatic rings. The summed E-state index contributed by atoms with van der Waals surface area (Å²) in [6, 6.07) is 1.60. The second kappa shape index (κ2) is 8.98. The SMILES string of the molecule is CC(C)Oc1cc(=N)n(CC(=O)N2CCN(C(=O)OC(C)(C)C)CC2)cc1Br. The standard InChI is InChI=1S/C19H29BrN4O4/c1-13(2)27-15-10-16(21)24(11-14(15)20)12-17(25)22-6-8-23(9-7-22)18(26)28-19(3,4)5/h10-11,13,21H,6-9,12H2,1-5H3. The number of rotatable bonds is 4. The van der Waals surface area contributed by atoms with Gasteiger partial charge in [-0.2, -0.15) is 0 Å². The van der Waals surface area contributed by atoms with E-state index < -0.39 is 5.60 Å². The highest BCUT2D eigenvalue weighted by Gasteiger charge is 2.27. The molecule has 0 saturated carbocycles. The maximum atomic E-state index is 12.6. The minimum absolute atomic E-state index is 0.00514. The molecule has 2 rings (SSSR count). The molecule has 0 aromatic carbocycles. The molecule has 0 atom stereocenters. The highest BCUT2D eigenvalue weighted by atomic mass is 79.9. The number of piperazine rings is 1. The van der Waals surface area contributed by atoms with Crippen LogP contribution in [-0.4, -0.2) is 64.3 Å². The van der Waals surface area contributed by atoms with Gasteiger partial charge in [-0.05, 0) is 50.5 Å². The van der Waals surface area contributed by atoms with Crippen molar-refractivity contribution in [2.45, 2.75) is 52.9 Å². The van der Waals surface area contributed by atoms with Gasteiger partial charge in [-0.1, -0.05) is 0 Å². The van der Waals surface area contributed by atoms with Gasteiger partial charge >= 0.3 is 6.09 Å². The summed E-state index contributed by atoms with van der Waals surface area (Å²) >= 11 is 3.43. The molecule has 1 fully saturated rings. The summed E-state index contributed by atoms with van der Waals surface area (Å²) in [6.45, 7) is 11.1. The number of pyridine rings is 1. The number of carbonyl (C=O) groups excluding carboxylic acids is 2. The Hall–Kier alpha value is -2.03. The first-order valence-corrected chi connectivity index (χ1v) is 10.1. The first-order valence-electron chi connectivity index (χ1n) is 9.33. The van der Waals surface area contributed by atoms with Crippen LogP contribution in [0.15, 0.2) is 16.7 Å². The maximum Gasteiger partial charge on any atom is 0.410 e. The molecule has 8 nitrogen and oxygen atoms in total. The van der Waals surface area contributed by atoms with Crippen LogP contribution >= 0.6 is 15.9 Å². The van der Waals surface area contributed by atoms with Gasteiger partial charge < -0.3 is 23.8 Å². The predicted molar refractivity (Wildman–Crippen MR) is 108 cm³/mol. The number of amides is 2. The molecule has 1 aliphatic heterocycles. The summed E-state index contributed by atoms with van der Waals surface area (Å²) < 4.78 is 13.3. The zero-order valence-electron chi connectivity index (χ0n) is 17.1. The van der Waals surface area contributed by atoms with Crippen molar-refractivity contribution in [3.05, 3.63) is 22.2 Å². The first-order chi connectivity index (χ1) is 13.0. The van der Waals surface area contributed by atoms with Crippen LogP contribution in [0.5, 0.6) is 5.75 Å². The maximum absolute atomic E-state index is 12.6. The lowest BCUT2D eigenvalue weighted by Gasteiger charge is -2.35. The van der Waals surface area contributed by atoms with Crippen molar-refractivity contribution in [1.82, 2.24) is 14.4 Å². The molecule has 9 heteroatoms. The summed E-state index contributed by atoms with van der Waals surface area (Å²) in [5, 5.41) is 8.15. The average Bonchev–Trinajstić information content (AvgIpc) is 2.57. The first kappa shape index (κ1) is 22.3. The lowest BCUT2D eigenvalue weighted by atomic mass is 10.2. The van der Waals surface area contributed by atoms with E-state index in [1.807, 2.05) is 34.6 Å². The van der Waals surface area contributed by atoms with Crippen molar-refractivity contribution in [1.29, 1.82) is 5.41 Å². The third-order valence-corrected chi connectivity index (χ3v) is 4.63. The van der Waals surface area contributed by atoms with Gasteiger partial charge in [-0.3, -0.25) is 10.2 Å². The molecule has 0 radical (unpaired) electrons. The number of carbonyl (C=O) groups is 2. The minimum Gasteiger partial charge on any atom is -0.490 e. The molecular formula is C19H29BrN4O4. The quantitative estimate of drug-likeness (QED) is 0.753. The van der Waals surface area contributed by atoms with Crippen LogP contribution in [-0.2, 0) is 16.1 Å². The number of ether oxygens (including phenoxy) is 2. The van der Waals surface area contributed by atoms with Crippen molar-refractivity contribution < 1.29 is 19.1 Å². The number of hydrogen-bond donors (Lipinski definition) is 1. The Balaban J connectivity index is 1.95. The van der Waals surface area contributed by atoms with Gasteiger partial charge in [0.05, 0.1) is 10.6 Å². The molecule has 2 heterocycles. The van der Waals surface area contributed by atoms with Crippen molar-refractivity contribution in [3.63, 3.8) is 0 Å². The zero-order valence-corrected chi connectivity index (χ0v) is 18.7. The fourth-order valence-corrected chi connectivity index (χ4v) is 3.19. The fraction of sp³-hybridized carbons (Fsp3) is 0.632. The molecule has 0 spiro atoms. The van der Waals surface area contributed by atoms with Gasteiger partial charge in [-0.15, -0.1) is 0 Å². The van der Waals surface area contributed by atoms with Crippen LogP contribution in [0.25, 0.3) is 0 Å². The van der Waals surface area contributed by atoms with Crippen LogP contribution in [0, 0.1) is 5.41 Å².